The molecule has 0 unspecified atom stereocenters. The van der Waals surface area contributed by atoms with Gasteiger partial charge in [0.2, 0.25) is 9.84 Å². The smallest absolute Gasteiger partial charge is 0.406 e. The first-order chi connectivity index (χ1) is 14.2. The molecule has 0 aliphatic carbocycles. The van der Waals surface area contributed by atoms with Gasteiger partial charge in [0, 0.05) is 18.1 Å². The Bertz CT molecular complexity index is 1150. The summed E-state index contributed by atoms with van der Waals surface area (Å²) in [6.07, 6.45) is -3.01. The number of aryl methyl sites for hydroxylation is 1. The first kappa shape index (κ1) is 21.8. The SMILES string of the molecule is CCc1ccc(S(=O)(=O)c2cnc3ccc(OC(F)(F)F)cc3c2NCCO)cc1. The minimum Gasteiger partial charge on any atom is -0.406 e. The summed E-state index contributed by atoms with van der Waals surface area (Å²) in [5.74, 6) is -0.509. The zero-order valence-electron chi connectivity index (χ0n) is 15.9. The molecule has 2 aromatic carbocycles. The largest absolute Gasteiger partial charge is 0.573 e. The fourth-order valence-corrected chi connectivity index (χ4v) is 4.34. The van der Waals surface area contributed by atoms with Gasteiger partial charge in [-0.05, 0) is 42.3 Å². The number of nitrogens with zero attached hydrogens (tertiary/aromatic N) is 1. The second kappa shape index (κ2) is 8.49. The van der Waals surface area contributed by atoms with Crippen LogP contribution in [-0.4, -0.2) is 38.0 Å². The molecule has 0 fully saturated rings. The molecule has 160 valence electrons. The Labute approximate surface area is 171 Å². The Morgan fingerprint density at radius 3 is 2.43 bits per heavy atom. The van der Waals surface area contributed by atoms with Crippen LogP contribution in [0.2, 0.25) is 0 Å². The minimum absolute atomic E-state index is 0.0131. The molecule has 0 aliphatic rings. The van der Waals surface area contributed by atoms with Gasteiger partial charge in [-0.3, -0.25) is 4.98 Å². The third-order valence-electron chi connectivity index (χ3n) is 4.38. The van der Waals surface area contributed by atoms with Crippen molar-refractivity contribution in [2.75, 3.05) is 18.5 Å². The van der Waals surface area contributed by atoms with E-state index in [4.69, 9.17) is 0 Å². The topological polar surface area (TPSA) is 88.5 Å². The first-order valence-electron chi connectivity index (χ1n) is 9.03. The molecule has 3 rings (SSSR count). The lowest BCUT2D eigenvalue weighted by atomic mass is 10.1. The Hall–Kier alpha value is -2.85. The van der Waals surface area contributed by atoms with Crippen LogP contribution >= 0.6 is 0 Å². The molecule has 1 heterocycles. The summed E-state index contributed by atoms with van der Waals surface area (Å²) in [6, 6.07) is 9.78. The summed E-state index contributed by atoms with van der Waals surface area (Å²) in [6.45, 7) is 1.61. The number of rotatable bonds is 7. The van der Waals surface area contributed by atoms with E-state index in [-0.39, 0.29) is 39.5 Å². The fourth-order valence-electron chi connectivity index (χ4n) is 2.95. The molecule has 0 aliphatic heterocycles. The highest BCUT2D eigenvalue weighted by Crippen LogP contribution is 2.35. The van der Waals surface area contributed by atoms with E-state index in [0.29, 0.717) is 0 Å². The number of halogens is 3. The van der Waals surface area contributed by atoms with Gasteiger partial charge in [-0.15, -0.1) is 13.2 Å². The molecule has 6 nitrogen and oxygen atoms in total. The number of fused-ring (bicyclic) bond motifs is 1. The number of ether oxygens (including phenoxy) is 1. The molecular weight excluding hydrogens is 421 g/mol. The van der Waals surface area contributed by atoms with E-state index >= 15 is 0 Å². The zero-order valence-corrected chi connectivity index (χ0v) is 16.7. The van der Waals surface area contributed by atoms with Crippen LogP contribution in [0.4, 0.5) is 18.9 Å². The van der Waals surface area contributed by atoms with Crippen molar-refractivity contribution in [3.8, 4) is 5.75 Å². The van der Waals surface area contributed by atoms with Gasteiger partial charge in [-0.1, -0.05) is 19.1 Å². The lowest BCUT2D eigenvalue weighted by molar-refractivity contribution is -0.274. The summed E-state index contributed by atoms with van der Waals surface area (Å²) in [7, 11) is -4.03. The molecule has 2 N–H and O–H groups in total. The summed E-state index contributed by atoms with van der Waals surface area (Å²) >= 11 is 0. The average molecular weight is 440 g/mol. The summed E-state index contributed by atoms with van der Waals surface area (Å²) in [5.41, 5.74) is 1.27. The van der Waals surface area contributed by atoms with Crippen LogP contribution < -0.4 is 10.1 Å². The quantitative estimate of drug-likeness (QED) is 0.579. The van der Waals surface area contributed by atoms with Crippen LogP contribution in [0.25, 0.3) is 10.9 Å². The van der Waals surface area contributed by atoms with E-state index in [9.17, 15) is 26.7 Å². The van der Waals surface area contributed by atoms with Crippen molar-refractivity contribution in [2.45, 2.75) is 29.5 Å². The van der Waals surface area contributed by atoms with Crippen molar-refractivity contribution in [3.63, 3.8) is 0 Å². The Balaban J connectivity index is 2.19. The van der Waals surface area contributed by atoms with E-state index in [1.807, 2.05) is 6.92 Å². The summed E-state index contributed by atoms with van der Waals surface area (Å²) in [4.78, 5) is 3.91. The normalized spacial score (nSPS) is 12.2. The van der Waals surface area contributed by atoms with Crippen LogP contribution in [0, 0.1) is 0 Å². The highest BCUT2D eigenvalue weighted by Gasteiger charge is 2.31. The molecule has 3 aromatic rings. The number of pyridine rings is 1. The number of hydrogen-bond donors (Lipinski definition) is 2. The average Bonchev–Trinajstić information content (AvgIpc) is 2.70. The number of hydrogen-bond acceptors (Lipinski definition) is 6. The number of anilines is 1. The number of alkyl halides is 3. The van der Waals surface area contributed by atoms with Crippen molar-refractivity contribution >= 4 is 26.4 Å². The minimum atomic E-state index is -4.90. The van der Waals surface area contributed by atoms with Gasteiger partial charge in [0.05, 0.1) is 22.7 Å². The van der Waals surface area contributed by atoms with Crippen LogP contribution in [-0.2, 0) is 16.3 Å². The molecule has 0 amide bonds. The van der Waals surface area contributed by atoms with Crippen molar-refractivity contribution in [2.24, 2.45) is 0 Å². The predicted molar refractivity (Wildman–Crippen MR) is 105 cm³/mol. The van der Waals surface area contributed by atoms with E-state index < -0.39 is 21.9 Å². The highest BCUT2D eigenvalue weighted by atomic mass is 32.2. The third kappa shape index (κ3) is 4.65. The van der Waals surface area contributed by atoms with Gasteiger partial charge in [0.25, 0.3) is 0 Å². The lowest BCUT2D eigenvalue weighted by Crippen LogP contribution is -2.17. The fraction of sp³-hybridized carbons (Fsp3) is 0.250. The van der Waals surface area contributed by atoms with Crippen LogP contribution in [0.5, 0.6) is 5.75 Å². The van der Waals surface area contributed by atoms with Crippen LogP contribution in [0.1, 0.15) is 12.5 Å². The predicted octanol–water partition coefficient (Wildman–Crippen LogP) is 3.93. The van der Waals surface area contributed by atoms with Gasteiger partial charge in [-0.25, -0.2) is 8.42 Å². The Morgan fingerprint density at radius 1 is 1.13 bits per heavy atom. The van der Waals surface area contributed by atoms with Crippen LogP contribution in [0.15, 0.2) is 58.5 Å². The maximum Gasteiger partial charge on any atom is 0.573 e. The maximum atomic E-state index is 13.2. The summed E-state index contributed by atoms with van der Waals surface area (Å²) in [5, 5.41) is 12.1. The van der Waals surface area contributed by atoms with Crippen molar-refractivity contribution in [1.82, 2.24) is 4.98 Å². The van der Waals surface area contributed by atoms with E-state index in [1.165, 1.54) is 18.2 Å². The maximum absolute atomic E-state index is 13.2. The lowest BCUT2D eigenvalue weighted by Gasteiger charge is -2.16. The number of aliphatic hydroxyl groups is 1. The molecule has 1 aromatic heterocycles. The van der Waals surface area contributed by atoms with Gasteiger partial charge in [-0.2, -0.15) is 0 Å². The molecule has 0 saturated heterocycles. The van der Waals surface area contributed by atoms with Crippen molar-refractivity contribution in [1.29, 1.82) is 0 Å². The molecule has 0 atom stereocenters. The molecule has 10 heteroatoms. The third-order valence-corrected chi connectivity index (χ3v) is 6.16. The second-order valence-corrected chi connectivity index (χ2v) is 8.29. The van der Waals surface area contributed by atoms with Gasteiger partial charge in [0.15, 0.2) is 0 Å². The molecule has 0 radical (unpaired) electrons. The number of aliphatic hydroxyl groups excluding tert-OH is 1. The molecule has 0 spiro atoms. The number of sulfone groups is 1. The molecule has 30 heavy (non-hydrogen) atoms. The summed E-state index contributed by atoms with van der Waals surface area (Å²) < 4.78 is 68.2. The standard InChI is InChI=1S/C20H19F3N2O4S/c1-2-13-3-6-15(7-4-13)30(27,28)18-12-25-17-8-5-14(29-20(21,22)23)11-16(17)19(18)24-9-10-26/h3-8,11-12,26H,2,9-10H2,1H3,(H,24,25). The van der Waals surface area contributed by atoms with E-state index in [1.54, 1.807) is 12.1 Å². The number of aromatic nitrogens is 1. The molecular formula is C20H19F3N2O4S. The monoisotopic (exact) mass is 440 g/mol. The Morgan fingerprint density at radius 2 is 1.83 bits per heavy atom. The van der Waals surface area contributed by atoms with Gasteiger partial charge < -0.3 is 15.2 Å². The van der Waals surface area contributed by atoms with Crippen molar-refractivity contribution < 1.29 is 31.4 Å². The van der Waals surface area contributed by atoms with E-state index in [0.717, 1.165) is 30.3 Å². The molecule has 0 bridgehead atoms. The zero-order chi connectivity index (χ0) is 21.9. The van der Waals surface area contributed by atoms with Gasteiger partial charge >= 0.3 is 6.36 Å². The highest BCUT2D eigenvalue weighted by molar-refractivity contribution is 7.91. The number of nitrogens with one attached hydrogen (secondary N) is 1. The molecule has 0 saturated carbocycles. The first-order valence-corrected chi connectivity index (χ1v) is 10.5. The second-order valence-electron chi connectivity index (χ2n) is 6.38. The Kier molecular flexibility index (Phi) is 6.18. The van der Waals surface area contributed by atoms with Crippen LogP contribution in [0.3, 0.4) is 0 Å². The van der Waals surface area contributed by atoms with Crippen molar-refractivity contribution in [3.05, 3.63) is 54.2 Å². The number of benzene rings is 2. The van der Waals surface area contributed by atoms with E-state index in [2.05, 4.69) is 15.0 Å². The van der Waals surface area contributed by atoms with Gasteiger partial charge in [0.1, 0.15) is 10.6 Å².